The molecule has 0 bridgehead atoms. The highest BCUT2D eigenvalue weighted by Crippen LogP contribution is 2.21. The third-order valence-electron chi connectivity index (χ3n) is 3.00. The van der Waals surface area contributed by atoms with E-state index in [0.717, 1.165) is 5.39 Å². The number of benzene rings is 1. The van der Waals surface area contributed by atoms with Crippen molar-refractivity contribution in [2.45, 2.75) is 11.4 Å². The van der Waals surface area contributed by atoms with Gasteiger partial charge in [0.15, 0.2) is 0 Å². The van der Waals surface area contributed by atoms with Crippen LogP contribution >= 0.6 is 0 Å². The molecule has 0 saturated carbocycles. The lowest BCUT2D eigenvalue weighted by atomic mass is 10.2. The van der Waals surface area contributed by atoms with Gasteiger partial charge in [0.1, 0.15) is 0 Å². The number of nitrogens with zero attached hydrogens (tertiary/aromatic N) is 3. The van der Waals surface area contributed by atoms with Gasteiger partial charge in [-0.3, -0.25) is 4.98 Å². The highest BCUT2D eigenvalue weighted by Gasteiger charge is 2.17. The van der Waals surface area contributed by atoms with Gasteiger partial charge in [0.25, 0.3) is 0 Å². The first-order chi connectivity index (χ1) is 10.2. The summed E-state index contributed by atoms with van der Waals surface area (Å²) in [5.41, 5.74) is 0.558. The SMILES string of the molecule is O=S(=O)(NCc1cccnn1)c1cccc2cnccc12. The van der Waals surface area contributed by atoms with Gasteiger partial charge in [-0.1, -0.05) is 12.1 Å². The third-order valence-corrected chi connectivity index (χ3v) is 4.46. The van der Waals surface area contributed by atoms with Crippen molar-refractivity contribution in [3.63, 3.8) is 0 Å². The lowest BCUT2D eigenvalue weighted by molar-refractivity contribution is 0.581. The zero-order chi connectivity index (χ0) is 14.7. The molecule has 1 aromatic carbocycles. The standard InChI is InChI=1S/C14H12N4O2S/c19-21(20,17-10-12-4-2-7-16-18-12)14-5-1-3-11-9-15-8-6-13(11)14/h1-9,17H,10H2. The van der Waals surface area contributed by atoms with Crippen LogP contribution in [0.25, 0.3) is 10.8 Å². The van der Waals surface area contributed by atoms with Crippen LogP contribution in [0.5, 0.6) is 0 Å². The van der Waals surface area contributed by atoms with Gasteiger partial charge in [-0.15, -0.1) is 0 Å². The van der Waals surface area contributed by atoms with Gasteiger partial charge in [0.05, 0.1) is 17.1 Å². The monoisotopic (exact) mass is 300 g/mol. The number of fused-ring (bicyclic) bond motifs is 1. The minimum atomic E-state index is -3.63. The molecule has 0 amide bonds. The molecule has 21 heavy (non-hydrogen) atoms. The number of hydrogen-bond acceptors (Lipinski definition) is 5. The molecule has 0 unspecified atom stereocenters. The van der Waals surface area contributed by atoms with Gasteiger partial charge in [-0.2, -0.15) is 10.2 Å². The number of nitrogens with one attached hydrogen (secondary N) is 1. The molecule has 7 heteroatoms. The van der Waals surface area contributed by atoms with Crippen LogP contribution in [-0.4, -0.2) is 23.6 Å². The van der Waals surface area contributed by atoms with Crippen LogP contribution in [0.1, 0.15) is 5.69 Å². The van der Waals surface area contributed by atoms with Crippen LogP contribution in [0.3, 0.4) is 0 Å². The van der Waals surface area contributed by atoms with Crippen molar-refractivity contribution in [3.8, 4) is 0 Å². The molecule has 0 aliphatic rings. The Balaban J connectivity index is 1.94. The largest absolute Gasteiger partial charge is 0.264 e. The lowest BCUT2D eigenvalue weighted by Gasteiger charge is -2.08. The van der Waals surface area contributed by atoms with Gasteiger partial charge >= 0.3 is 0 Å². The normalized spacial score (nSPS) is 11.6. The molecule has 0 aliphatic heterocycles. The van der Waals surface area contributed by atoms with Crippen LogP contribution in [0.15, 0.2) is 59.9 Å². The average Bonchev–Trinajstić information content (AvgIpc) is 2.53. The van der Waals surface area contributed by atoms with E-state index < -0.39 is 10.0 Å². The van der Waals surface area contributed by atoms with Crippen molar-refractivity contribution < 1.29 is 8.42 Å². The summed E-state index contributed by atoms with van der Waals surface area (Å²) < 4.78 is 27.4. The summed E-state index contributed by atoms with van der Waals surface area (Å²) in [5, 5.41) is 8.98. The third kappa shape index (κ3) is 2.88. The fourth-order valence-corrected chi connectivity index (χ4v) is 3.23. The zero-order valence-corrected chi connectivity index (χ0v) is 11.8. The van der Waals surface area contributed by atoms with Crippen molar-refractivity contribution >= 4 is 20.8 Å². The molecular weight excluding hydrogens is 288 g/mol. The Morgan fingerprint density at radius 3 is 2.76 bits per heavy atom. The van der Waals surface area contributed by atoms with Crippen LogP contribution in [0.2, 0.25) is 0 Å². The van der Waals surface area contributed by atoms with Gasteiger partial charge in [-0.05, 0) is 24.3 Å². The van der Waals surface area contributed by atoms with Crippen molar-refractivity contribution in [2.75, 3.05) is 0 Å². The van der Waals surface area contributed by atoms with Crippen LogP contribution in [0.4, 0.5) is 0 Å². The van der Waals surface area contributed by atoms with E-state index in [9.17, 15) is 8.42 Å². The minimum absolute atomic E-state index is 0.0949. The first-order valence-corrected chi connectivity index (χ1v) is 7.74. The molecule has 0 aliphatic carbocycles. The topological polar surface area (TPSA) is 84.8 Å². The molecule has 106 valence electrons. The fraction of sp³-hybridized carbons (Fsp3) is 0.0714. The van der Waals surface area contributed by atoms with Gasteiger partial charge in [0.2, 0.25) is 10.0 Å². The van der Waals surface area contributed by atoms with Gasteiger partial charge < -0.3 is 0 Å². The fourth-order valence-electron chi connectivity index (χ4n) is 2.00. The van der Waals surface area contributed by atoms with E-state index in [0.29, 0.717) is 11.1 Å². The van der Waals surface area contributed by atoms with Crippen LogP contribution in [0, 0.1) is 0 Å². The first kappa shape index (κ1) is 13.6. The van der Waals surface area contributed by atoms with E-state index in [1.165, 1.54) is 6.20 Å². The second-order valence-electron chi connectivity index (χ2n) is 4.39. The van der Waals surface area contributed by atoms with Crippen molar-refractivity contribution in [3.05, 3.63) is 60.7 Å². The summed E-state index contributed by atoms with van der Waals surface area (Å²) in [6, 6.07) is 10.2. The average molecular weight is 300 g/mol. The highest BCUT2D eigenvalue weighted by molar-refractivity contribution is 7.89. The quantitative estimate of drug-likeness (QED) is 0.789. The zero-order valence-electron chi connectivity index (χ0n) is 11.0. The number of hydrogen-bond donors (Lipinski definition) is 1. The molecule has 2 heterocycles. The number of aromatic nitrogens is 3. The van der Waals surface area contributed by atoms with Crippen molar-refractivity contribution in [2.24, 2.45) is 0 Å². The summed E-state index contributed by atoms with van der Waals surface area (Å²) in [7, 11) is -3.63. The number of pyridine rings is 1. The van der Waals surface area contributed by atoms with Crippen LogP contribution in [-0.2, 0) is 16.6 Å². The first-order valence-electron chi connectivity index (χ1n) is 6.26. The van der Waals surface area contributed by atoms with Crippen molar-refractivity contribution in [1.29, 1.82) is 0 Å². The molecule has 0 atom stereocenters. The molecule has 0 radical (unpaired) electrons. The highest BCUT2D eigenvalue weighted by atomic mass is 32.2. The van der Waals surface area contributed by atoms with E-state index in [2.05, 4.69) is 19.9 Å². The Labute approximate surface area is 121 Å². The lowest BCUT2D eigenvalue weighted by Crippen LogP contribution is -2.24. The van der Waals surface area contributed by atoms with E-state index in [1.807, 2.05) is 6.07 Å². The summed E-state index contributed by atoms with van der Waals surface area (Å²) >= 11 is 0. The summed E-state index contributed by atoms with van der Waals surface area (Å²) in [5.74, 6) is 0. The van der Waals surface area contributed by atoms with E-state index >= 15 is 0 Å². The van der Waals surface area contributed by atoms with Crippen molar-refractivity contribution in [1.82, 2.24) is 19.9 Å². The van der Waals surface area contributed by atoms with E-state index in [1.54, 1.807) is 42.7 Å². The number of sulfonamides is 1. The molecule has 3 aromatic rings. The molecular formula is C14H12N4O2S. The van der Waals surface area contributed by atoms with Gasteiger partial charge in [-0.25, -0.2) is 13.1 Å². The molecule has 0 spiro atoms. The van der Waals surface area contributed by atoms with E-state index in [-0.39, 0.29) is 11.4 Å². The molecule has 1 N–H and O–H groups in total. The predicted octanol–water partition coefficient (Wildman–Crippen LogP) is 1.50. The Hall–Kier alpha value is -2.38. The summed E-state index contributed by atoms with van der Waals surface area (Å²) in [6.07, 6.45) is 4.75. The molecule has 2 aromatic heterocycles. The summed E-state index contributed by atoms with van der Waals surface area (Å²) in [4.78, 5) is 4.22. The molecule has 6 nitrogen and oxygen atoms in total. The summed E-state index contributed by atoms with van der Waals surface area (Å²) in [6.45, 7) is 0.0949. The Kier molecular flexibility index (Phi) is 3.59. The van der Waals surface area contributed by atoms with Gasteiger partial charge in [0, 0.05) is 29.4 Å². The smallest absolute Gasteiger partial charge is 0.241 e. The maximum Gasteiger partial charge on any atom is 0.241 e. The Morgan fingerprint density at radius 2 is 1.95 bits per heavy atom. The van der Waals surface area contributed by atoms with Crippen LogP contribution < -0.4 is 4.72 Å². The Bertz CT molecular complexity index is 861. The molecule has 0 fully saturated rings. The molecule has 0 saturated heterocycles. The maximum atomic E-state index is 12.4. The minimum Gasteiger partial charge on any atom is -0.264 e. The second-order valence-corrected chi connectivity index (χ2v) is 6.13. The number of rotatable bonds is 4. The second kappa shape index (κ2) is 5.55. The molecule has 3 rings (SSSR count). The maximum absolute atomic E-state index is 12.4. The Morgan fingerprint density at radius 1 is 1.05 bits per heavy atom. The predicted molar refractivity (Wildman–Crippen MR) is 77.8 cm³/mol. The van der Waals surface area contributed by atoms with E-state index in [4.69, 9.17) is 0 Å².